The maximum atomic E-state index is 12.3. The van der Waals surface area contributed by atoms with E-state index >= 15 is 0 Å². The van der Waals surface area contributed by atoms with Gasteiger partial charge in [0, 0.05) is 9.13 Å². The largest absolute Gasteiger partial charge is 0.334 e. The molecule has 100 valence electrons. The molecular weight excluding hydrogens is 351 g/mol. The Bertz CT molecular complexity index is 499. The Morgan fingerprint density at radius 2 is 1.95 bits per heavy atom. The zero-order valence-corrected chi connectivity index (χ0v) is 12.9. The molecule has 0 atom stereocenters. The summed E-state index contributed by atoms with van der Waals surface area (Å²) in [4.78, 5) is 12.3. The van der Waals surface area contributed by atoms with Crippen molar-refractivity contribution >= 4 is 28.5 Å². The molecule has 1 fully saturated rings. The van der Waals surface area contributed by atoms with Gasteiger partial charge in [0.2, 0.25) is 0 Å². The van der Waals surface area contributed by atoms with Gasteiger partial charge in [-0.25, -0.2) is 0 Å². The summed E-state index contributed by atoms with van der Waals surface area (Å²) in [5.74, 6) is -0.137. The van der Waals surface area contributed by atoms with Crippen LogP contribution in [0.4, 0.5) is 0 Å². The number of rotatable bonds is 2. The van der Waals surface area contributed by atoms with Crippen LogP contribution in [0.25, 0.3) is 0 Å². The maximum absolute atomic E-state index is 12.3. The highest BCUT2D eigenvalue weighted by Gasteiger charge is 2.32. The zero-order chi connectivity index (χ0) is 13.7. The van der Waals surface area contributed by atoms with Gasteiger partial charge in [0.15, 0.2) is 0 Å². The van der Waals surface area contributed by atoms with E-state index in [9.17, 15) is 10.1 Å². The summed E-state index contributed by atoms with van der Waals surface area (Å²) in [5.41, 5.74) is -0.0414. The lowest BCUT2D eigenvalue weighted by Crippen LogP contribution is -2.47. The SMILES string of the molecule is N#CC1(NC(=O)c2cccc(I)c2)CCCCCC1. The van der Waals surface area contributed by atoms with Crippen LogP contribution in [0.15, 0.2) is 24.3 Å². The van der Waals surface area contributed by atoms with Crippen molar-refractivity contribution in [3.05, 3.63) is 33.4 Å². The number of carbonyl (C=O) groups is 1. The monoisotopic (exact) mass is 368 g/mol. The second kappa shape index (κ2) is 6.38. The molecular formula is C15H17IN2O. The lowest BCUT2D eigenvalue weighted by Gasteiger charge is -2.26. The first-order valence-electron chi connectivity index (χ1n) is 6.65. The molecule has 1 amide bonds. The summed E-state index contributed by atoms with van der Waals surface area (Å²) in [6, 6.07) is 9.79. The minimum Gasteiger partial charge on any atom is -0.334 e. The number of carbonyl (C=O) groups excluding carboxylic acids is 1. The minimum absolute atomic E-state index is 0.137. The van der Waals surface area contributed by atoms with Gasteiger partial charge < -0.3 is 5.32 Å². The molecule has 1 aliphatic rings. The van der Waals surface area contributed by atoms with Crippen molar-refractivity contribution in [2.24, 2.45) is 0 Å². The van der Waals surface area contributed by atoms with Crippen LogP contribution in [-0.2, 0) is 0 Å². The van der Waals surface area contributed by atoms with Crippen LogP contribution < -0.4 is 5.32 Å². The lowest BCUT2D eigenvalue weighted by atomic mass is 9.91. The number of hydrogen-bond acceptors (Lipinski definition) is 2. The molecule has 0 aliphatic heterocycles. The molecule has 4 heteroatoms. The summed E-state index contributed by atoms with van der Waals surface area (Å²) < 4.78 is 1.03. The van der Waals surface area contributed by atoms with Crippen molar-refractivity contribution in [3.63, 3.8) is 0 Å². The van der Waals surface area contributed by atoms with Gasteiger partial charge in [-0.1, -0.05) is 31.7 Å². The Balaban J connectivity index is 2.14. The van der Waals surface area contributed by atoms with Crippen LogP contribution in [-0.4, -0.2) is 11.4 Å². The van der Waals surface area contributed by atoms with Gasteiger partial charge in [0.05, 0.1) is 6.07 Å². The highest BCUT2D eigenvalue weighted by Crippen LogP contribution is 2.27. The van der Waals surface area contributed by atoms with E-state index in [0.717, 1.165) is 42.1 Å². The highest BCUT2D eigenvalue weighted by atomic mass is 127. The van der Waals surface area contributed by atoms with Crippen LogP contribution in [0.2, 0.25) is 0 Å². The van der Waals surface area contributed by atoms with E-state index in [1.54, 1.807) is 6.07 Å². The van der Waals surface area contributed by atoms with E-state index in [0.29, 0.717) is 5.56 Å². The molecule has 0 aromatic heterocycles. The summed E-state index contributed by atoms with van der Waals surface area (Å²) in [6.07, 6.45) is 5.86. The predicted octanol–water partition coefficient (Wildman–Crippen LogP) is 3.64. The van der Waals surface area contributed by atoms with Crippen molar-refractivity contribution < 1.29 is 4.79 Å². The molecule has 1 saturated carbocycles. The lowest BCUT2D eigenvalue weighted by molar-refractivity contribution is 0.0913. The number of amides is 1. The van der Waals surface area contributed by atoms with Gasteiger partial charge in [-0.05, 0) is 53.6 Å². The quantitative estimate of drug-likeness (QED) is 0.640. The second-order valence-electron chi connectivity index (χ2n) is 5.07. The summed E-state index contributed by atoms with van der Waals surface area (Å²) >= 11 is 2.18. The number of nitriles is 1. The summed E-state index contributed by atoms with van der Waals surface area (Å²) in [7, 11) is 0. The fourth-order valence-electron chi connectivity index (χ4n) is 2.52. The van der Waals surface area contributed by atoms with E-state index in [2.05, 4.69) is 34.0 Å². The Morgan fingerprint density at radius 3 is 2.53 bits per heavy atom. The normalized spacial score (nSPS) is 18.1. The van der Waals surface area contributed by atoms with Gasteiger partial charge in [-0.3, -0.25) is 4.79 Å². The Morgan fingerprint density at radius 1 is 1.26 bits per heavy atom. The van der Waals surface area contributed by atoms with Crippen molar-refractivity contribution in [1.82, 2.24) is 5.32 Å². The zero-order valence-electron chi connectivity index (χ0n) is 10.8. The van der Waals surface area contributed by atoms with Crippen LogP contribution in [0.5, 0.6) is 0 Å². The molecule has 0 saturated heterocycles. The second-order valence-corrected chi connectivity index (χ2v) is 6.32. The molecule has 1 aromatic carbocycles. The Labute approximate surface area is 127 Å². The molecule has 0 bridgehead atoms. The van der Waals surface area contributed by atoms with Crippen molar-refractivity contribution in [2.45, 2.75) is 44.1 Å². The average molecular weight is 368 g/mol. The number of nitrogens with one attached hydrogen (secondary N) is 1. The van der Waals surface area contributed by atoms with Gasteiger partial charge >= 0.3 is 0 Å². The fraction of sp³-hybridized carbons (Fsp3) is 0.467. The number of halogens is 1. The van der Waals surface area contributed by atoms with Crippen LogP contribution in [0.3, 0.4) is 0 Å². The van der Waals surface area contributed by atoms with E-state index in [1.165, 1.54) is 0 Å². The standard InChI is InChI=1S/C15H17IN2O/c16-13-7-5-6-12(10-13)14(19)18-15(11-17)8-3-1-2-4-9-15/h5-7,10H,1-4,8-9H2,(H,18,19). The Hall–Kier alpha value is -1.09. The van der Waals surface area contributed by atoms with E-state index in [1.807, 2.05) is 18.2 Å². The van der Waals surface area contributed by atoms with Crippen molar-refractivity contribution in [2.75, 3.05) is 0 Å². The van der Waals surface area contributed by atoms with Gasteiger partial charge in [0.1, 0.15) is 5.54 Å². The topological polar surface area (TPSA) is 52.9 Å². The van der Waals surface area contributed by atoms with Gasteiger partial charge in [-0.2, -0.15) is 5.26 Å². The summed E-state index contributed by atoms with van der Waals surface area (Å²) in [5, 5.41) is 12.4. The molecule has 19 heavy (non-hydrogen) atoms. The molecule has 0 spiro atoms. The van der Waals surface area contributed by atoms with Gasteiger partial charge in [-0.15, -0.1) is 0 Å². The van der Waals surface area contributed by atoms with E-state index in [4.69, 9.17) is 0 Å². The third kappa shape index (κ3) is 3.69. The third-order valence-electron chi connectivity index (χ3n) is 3.61. The molecule has 0 radical (unpaired) electrons. The smallest absolute Gasteiger partial charge is 0.252 e. The average Bonchev–Trinajstić information content (AvgIpc) is 2.65. The number of nitrogens with zero attached hydrogens (tertiary/aromatic N) is 1. The fourth-order valence-corrected chi connectivity index (χ4v) is 3.06. The minimum atomic E-state index is -0.672. The summed E-state index contributed by atoms with van der Waals surface area (Å²) in [6.45, 7) is 0. The molecule has 2 rings (SSSR count). The van der Waals surface area contributed by atoms with Crippen LogP contribution >= 0.6 is 22.6 Å². The number of hydrogen-bond donors (Lipinski definition) is 1. The molecule has 3 nitrogen and oxygen atoms in total. The maximum Gasteiger partial charge on any atom is 0.252 e. The van der Waals surface area contributed by atoms with E-state index in [-0.39, 0.29) is 5.91 Å². The molecule has 0 unspecified atom stereocenters. The van der Waals surface area contributed by atoms with Crippen LogP contribution in [0, 0.1) is 14.9 Å². The first kappa shape index (κ1) is 14.3. The highest BCUT2D eigenvalue weighted by molar-refractivity contribution is 14.1. The first-order chi connectivity index (χ1) is 9.15. The predicted molar refractivity (Wildman–Crippen MR) is 82.7 cm³/mol. The number of benzene rings is 1. The Kier molecular flexibility index (Phi) is 4.81. The molecule has 1 aliphatic carbocycles. The van der Waals surface area contributed by atoms with Gasteiger partial charge in [0.25, 0.3) is 5.91 Å². The van der Waals surface area contributed by atoms with Crippen molar-refractivity contribution in [1.29, 1.82) is 5.26 Å². The molecule has 0 heterocycles. The third-order valence-corrected chi connectivity index (χ3v) is 4.28. The van der Waals surface area contributed by atoms with Crippen LogP contribution in [0.1, 0.15) is 48.9 Å². The molecule has 1 N–H and O–H groups in total. The molecule has 1 aromatic rings. The van der Waals surface area contributed by atoms with Crippen molar-refractivity contribution in [3.8, 4) is 6.07 Å². The first-order valence-corrected chi connectivity index (χ1v) is 7.72. The van der Waals surface area contributed by atoms with E-state index < -0.39 is 5.54 Å².